The number of hydrogen-bond acceptors (Lipinski definition) is 6. The molecule has 0 atom stereocenters. The van der Waals surface area contributed by atoms with Crippen LogP contribution in [0.15, 0.2) is 58.8 Å². The van der Waals surface area contributed by atoms with Gasteiger partial charge < -0.3 is 0 Å². The number of pyridine rings is 1. The third-order valence-corrected chi connectivity index (χ3v) is 6.00. The first-order chi connectivity index (χ1) is 14.5. The van der Waals surface area contributed by atoms with Crippen molar-refractivity contribution in [3.05, 3.63) is 81.8 Å². The van der Waals surface area contributed by atoms with Crippen molar-refractivity contribution in [1.82, 2.24) is 24.4 Å². The van der Waals surface area contributed by atoms with Gasteiger partial charge in [-0.1, -0.05) is 18.2 Å². The molecule has 0 N–H and O–H groups in total. The Morgan fingerprint density at radius 1 is 1.13 bits per heavy atom. The van der Waals surface area contributed by atoms with E-state index in [-0.39, 0.29) is 5.56 Å². The van der Waals surface area contributed by atoms with Crippen LogP contribution in [0.1, 0.15) is 22.5 Å². The number of para-hydroxylation sites is 1. The molecule has 7 nitrogen and oxygen atoms in total. The zero-order chi connectivity index (χ0) is 20.8. The molecule has 4 aromatic heterocycles. The van der Waals surface area contributed by atoms with Gasteiger partial charge in [0.1, 0.15) is 15.9 Å². The molecule has 0 saturated heterocycles. The average Bonchev–Trinajstić information content (AvgIpc) is 3.29. The lowest BCUT2D eigenvalue weighted by Gasteiger charge is -1.99. The molecule has 0 aliphatic carbocycles. The number of aromatic nitrogens is 5. The number of benzene rings is 1. The van der Waals surface area contributed by atoms with Gasteiger partial charge >= 0.3 is 0 Å². The Morgan fingerprint density at radius 2 is 1.93 bits per heavy atom. The maximum atomic E-state index is 13.0. The Bertz CT molecular complexity index is 1490. The van der Waals surface area contributed by atoms with Crippen molar-refractivity contribution in [2.24, 2.45) is 5.10 Å². The van der Waals surface area contributed by atoms with Crippen LogP contribution in [-0.2, 0) is 0 Å². The second-order valence-corrected chi connectivity index (χ2v) is 8.13. The fraction of sp³-hybridized carbons (Fsp3) is 0.136. The second kappa shape index (κ2) is 7.00. The Kier molecular flexibility index (Phi) is 4.29. The normalized spacial score (nSPS) is 11.8. The van der Waals surface area contributed by atoms with Crippen LogP contribution >= 0.6 is 11.3 Å². The molecule has 4 heterocycles. The van der Waals surface area contributed by atoms with Crippen LogP contribution in [0.5, 0.6) is 0 Å². The number of thiophene rings is 1. The van der Waals surface area contributed by atoms with Gasteiger partial charge in [0, 0.05) is 22.8 Å². The first-order valence-electron chi connectivity index (χ1n) is 9.45. The van der Waals surface area contributed by atoms with Crippen LogP contribution in [0.25, 0.3) is 26.1 Å². The van der Waals surface area contributed by atoms with Gasteiger partial charge in [-0.15, -0.1) is 11.3 Å². The number of nitrogens with zero attached hydrogens (tertiary/aromatic N) is 6. The van der Waals surface area contributed by atoms with Crippen LogP contribution in [0.2, 0.25) is 0 Å². The van der Waals surface area contributed by atoms with Crippen molar-refractivity contribution < 1.29 is 0 Å². The molecule has 0 aliphatic rings. The molecule has 0 radical (unpaired) electrons. The van der Waals surface area contributed by atoms with E-state index in [2.05, 4.69) is 20.2 Å². The Hall–Kier alpha value is -3.65. The average molecular weight is 414 g/mol. The number of rotatable bonds is 3. The first kappa shape index (κ1) is 18.4. The number of aryl methyl sites for hydroxylation is 3. The second-order valence-electron chi connectivity index (χ2n) is 7.13. The SMILES string of the molecule is Cc1cc(C)c2c(n1)sc1c(=O)n(/N=C/c3cn(-c4ccccc4)nc3C)cnc12. The Balaban J connectivity index is 1.56. The third kappa shape index (κ3) is 3.02. The summed E-state index contributed by atoms with van der Waals surface area (Å²) in [5.41, 5.74) is 5.09. The largest absolute Gasteiger partial charge is 0.291 e. The third-order valence-electron chi connectivity index (χ3n) is 4.94. The quantitative estimate of drug-likeness (QED) is 0.418. The van der Waals surface area contributed by atoms with Crippen molar-refractivity contribution in [3.8, 4) is 5.69 Å². The summed E-state index contributed by atoms with van der Waals surface area (Å²) < 4.78 is 3.62. The lowest BCUT2D eigenvalue weighted by Crippen LogP contribution is -2.15. The van der Waals surface area contributed by atoms with Crippen molar-refractivity contribution in [1.29, 1.82) is 0 Å². The highest BCUT2D eigenvalue weighted by Gasteiger charge is 2.14. The van der Waals surface area contributed by atoms with E-state index in [4.69, 9.17) is 0 Å². The van der Waals surface area contributed by atoms with Crippen LogP contribution in [0, 0.1) is 20.8 Å². The minimum Gasteiger partial charge on any atom is -0.266 e. The fourth-order valence-electron chi connectivity index (χ4n) is 3.48. The van der Waals surface area contributed by atoms with E-state index in [1.165, 1.54) is 22.3 Å². The predicted molar refractivity (Wildman–Crippen MR) is 120 cm³/mol. The summed E-state index contributed by atoms with van der Waals surface area (Å²) >= 11 is 1.36. The molecule has 1 aromatic carbocycles. The lowest BCUT2D eigenvalue weighted by atomic mass is 10.1. The highest BCUT2D eigenvalue weighted by molar-refractivity contribution is 7.25. The molecular weight excluding hydrogens is 396 g/mol. The zero-order valence-corrected chi connectivity index (χ0v) is 17.5. The predicted octanol–water partition coefficient (Wildman–Crippen LogP) is 4.00. The van der Waals surface area contributed by atoms with E-state index in [0.717, 1.165) is 38.4 Å². The topological polar surface area (TPSA) is 78.0 Å². The molecular formula is C22H18N6OS. The van der Waals surface area contributed by atoms with Gasteiger partial charge in [-0.3, -0.25) is 4.79 Å². The van der Waals surface area contributed by atoms with Gasteiger partial charge in [-0.2, -0.15) is 14.9 Å². The summed E-state index contributed by atoms with van der Waals surface area (Å²) in [6.07, 6.45) is 4.99. The highest BCUT2D eigenvalue weighted by Crippen LogP contribution is 2.31. The summed E-state index contributed by atoms with van der Waals surface area (Å²) in [6.45, 7) is 5.88. The zero-order valence-electron chi connectivity index (χ0n) is 16.7. The Labute approximate surface area is 176 Å². The molecule has 30 heavy (non-hydrogen) atoms. The molecule has 5 aromatic rings. The monoisotopic (exact) mass is 414 g/mol. The van der Waals surface area contributed by atoms with Gasteiger partial charge in [0.15, 0.2) is 0 Å². The molecule has 0 aliphatic heterocycles. The summed E-state index contributed by atoms with van der Waals surface area (Å²) in [7, 11) is 0. The van der Waals surface area contributed by atoms with E-state index in [0.29, 0.717) is 10.2 Å². The van der Waals surface area contributed by atoms with Crippen molar-refractivity contribution in [2.75, 3.05) is 0 Å². The summed E-state index contributed by atoms with van der Waals surface area (Å²) in [6, 6.07) is 11.9. The molecule has 5 rings (SSSR count). The summed E-state index contributed by atoms with van der Waals surface area (Å²) in [5.74, 6) is 0. The molecule has 0 fully saturated rings. The lowest BCUT2D eigenvalue weighted by molar-refractivity contribution is 0.819. The van der Waals surface area contributed by atoms with E-state index >= 15 is 0 Å². The molecule has 8 heteroatoms. The van der Waals surface area contributed by atoms with E-state index in [1.54, 1.807) is 10.9 Å². The maximum Gasteiger partial charge on any atom is 0.291 e. The van der Waals surface area contributed by atoms with Gasteiger partial charge in [0.25, 0.3) is 5.56 Å². The van der Waals surface area contributed by atoms with Gasteiger partial charge in [0.05, 0.1) is 23.1 Å². The molecule has 148 valence electrons. The fourth-order valence-corrected chi connectivity index (χ4v) is 4.65. The number of fused-ring (bicyclic) bond motifs is 3. The minimum atomic E-state index is -0.204. The van der Waals surface area contributed by atoms with Gasteiger partial charge in [-0.25, -0.2) is 14.6 Å². The smallest absolute Gasteiger partial charge is 0.266 e. The van der Waals surface area contributed by atoms with Gasteiger partial charge in [0.2, 0.25) is 0 Å². The molecule has 0 unspecified atom stereocenters. The Morgan fingerprint density at radius 3 is 2.73 bits per heavy atom. The minimum absolute atomic E-state index is 0.204. The van der Waals surface area contributed by atoms with Crippen LogP contribution in [-0.4, -0.2) is 30.6 Å². The van der Waals surface area contributed by atoms with Crippen LogP contribution < -0.4 is 5.56 Å². The molecule has 0 saturated carbocycles. The van der Waals surface area contributed by atoms with Crippen molar-refractivity contribution in [2.45, 2.75) is 20.8 Å². The molecule has 0 amide bonds. The van der Waals surface area contributed by atoms with E-state index in [1.807, 2.05) is 63.4 Å². The van der Waals surface area contributed by atoms with Crippen LogP contribution in [0.3, 0.4) is 0 Å². The van der Waals surface area contributed by atoms with E-state index in [9.17, 15) is 4.79 Å². The summed E-state index contributed by atoms with van der Waals surface area (Å²) in [4.78, 5) is 22.9. The number of hydrogen-bond donors (Lipinski definition) is 0. The highest BCUT2D eigenvalue weighted by atomic mass is 32.1. The summed E-state index contributed by atoms with van der Waals surface area (Å²) in [5, 5.41) is 9.82. The standard InChI is InChI=1S/C22H18N6OS/c1-13-9-14(2)25-21-18(13)19-20(30-21)22(29)28(12-23-19)24-10-16-11-27(26-15(16)3)17-7-5-4-6-8-17/h4-12H,1-3H3/b24-10+. The van der Waals surface area contributed by atoms with Gasteiger partial charge in [-0.05, 0) is 44.5 Å². The van der Waals surface area contributed by atoms with Crippen molar-refractivity contribution >= 4 is 38.0 Å². The molecule has 0 spiro atoms. The van der Waals surface area contributed by atoms with Crippen LogP contribution in [0.4, 0.5) is 0 Å². The van der Waals surface area contributed by atoms with Crippen molar-refractivity contribution in [3.63, 3.8) is 0 Å². The van der Waals surface area contributed by atoms with E-state index < -0.39 is 0 Å². The molecule has 0 bridgehead atoms. The first-order valence-corrected chi connectivity index (χ1v) is 10.3. The maximum absolute atomic E-state index is 13.0.